The number of alkyl halides is 3. The summed E-state index contributed by atoms with van der Waals surface area (Å²) in [4.78, 5) is 20.1. The molecule has 30 heavy (non-hydrogen) atoms. The zero-order valence-electron chi connectivity index (χ0n) is 15.2. The monoisotopic (exact) mass is 411 g/mol. The lowest BCUT2D eigenvalue weighted by Crippen LogP contribution is -2.13. The van der Waals surface area contributed by atoms with Crippen LogP contribution in [-0.4, -0.2) is 15.9 Å². The standard InChI is InChI=1S/C22H13F4N3O/c23-17-5-3-13(4-6-17)16-9-14-1-2-15(10-19(14)27-11-16)21(30)29-18-7-8-20(28-12-18)22(24,25)26/h1-12H,(H,29,30). The van der Waals surface area contributed by atoms with Gasteiger partial charge in [-0.2, -0.15) is 13.2 Å². The van der Waals surface area contributed by atoms with Crippen molar-refractivity contribution < 1.29 is 22.4 Å². The minimum atomic E-state index is -4.54. The van der Waals surface area contributed by atoms with Gasteiger partial charge in [-0.15, -0.1) is 0 Å². The van der Waals surface area contributed by atoms with E-state index in [0.29, 0.717) is 11.1 Å². The number of nitrogens with one attached hydrogen (secondary N) is 1. The molecule has 2 aromatic carbocycles. The van der Waals surface area contributed by atoms with E-state index in [1.807, 2.05) is 6.07 Å². The van der Waals surface area contributed by atoms with E-state index in [0.717, 1.165) is 34.8 Å². The summed E-state index contributed by atoms with van der Waals surface area (Å²) < 4.78 is 50.8. The fourth-order valence-corrected chi connectivity index (χ4v) is 2.90. The number of carbonyl (C=O) groups excluding carboxylic acids is 1. The minimum Gasteiger partial charge on any atom is -0.321 e. The average molecular weight is 411 g/mol. The highest BCUT2D eigenvalue weighted by Gasteiger charge is 2.32. The molecular weight excluding hydrogens is 398 g/mol. The molecule has 0 radical (unpaired) electrons. The first-order chi connectivity index (χ1) is 14.3. The van der Waals surface area contributed by atoms with Crippen molar-refractivity contribution in [1.29, 1.82) is 0 Å². The number of aromatic nitrogens is 2. The summed E-state index contributed by atoms with van der Waals surface area (Å²) in [6.45, 7) is 0. The van der Waals surface area contributed by atoms with Gasteiger partial charge < -0.3 is 5.32 Å². The number of nitrogens with zero attached hydrogens (tertiary/aromatic N) is 2. The first-order valence-corrected chi connectivity index (χ1v) is 8.80. The molecule has 0 aliphatic rings. The molecule has 4 aromatic rings. The molecule has 0 saturated heterocycles. The van der Waals surface area contributed by atoms with Gasteiger partial charge >= 0.3 is 6.18 Å². The molecule has 2 heterocycles. The molecule has 0 atom stereocenters. The smallest absolute Gasteiger partial charge is 0.321 e. The quantitative estimate of drug-likeness (QED) is 0.440. The van der Waals surface area contributed by atoms with Crippen molar-refractivity contribution in [3.05, 3.63) is 90.1 Å². The Bertz CT molecular complexity index is 1220. The maximum Gasteiger partial charge on any atom is 0.433 e. The number of rotatable bonds is 3. The van der Waals surface area contributed by atoms with Crippen molar-refractivity contribution in [2.45, 2.75) is 6.18 Å². The van der Waals surface area contributed by atoms with Crippen LogP contribution in [0.5, 0.6) is 0 Å². The van der Waals surface area contributed by atoms with Gasteiger partial charge in [-0.25, -0.2) is 9.37 Å². The van der Waals surface area contributed by atoms with E-state index >= 15 is 0 Å². The number of fused-ring (bicyclic) bond motifs is 1. The second-order valence-electron chi connectivity index (χ2n) is 6.52. The average Bonchev–Trinajstić information content (AvgIpc) is 2.73. The van der Waals surface area contributed by atoms with Gasteiger partial charge in [0.25, 0.3) is 5.91 Å². The highest BCUT2D eigenvalue weighted by molar-refractivity contribution is 6.06. The number of carbonyl (C=O) groups is 1. The zero-order chi connectivity index (χ0) is 21.3. The molecular formula is C22H13F4N3O. The van der Waals surface area contributed by atoms with Crippen LogP contribution in [0.2, 0.25) is 0 Å². The van der Waals surface area contributed by atoms with Gasteiger partial charge in [0.2, 0.25) is 0 Å². The van der Waals surface area contributed by atoms with Gasteiger partial charge in [0.15, 0.2) is 0 Å². The van der Waals surface area contributed by atoms with Crippen molar-refractivity contribution in [1.82, 2.24) is 9.97 Å². The van der Waals surface area contributed by atoms with E-state index in [1.54, 1.807) is 36.5 Å². The van der Waals surface area contributed by atoms with Gasteiger partial charge in [0, 0.05) is 22.7 Å². The molecule has 2 aromatic heterocycles. The lowest BCUT2D eigenvalue weighted by molar-refractivity contribution is -0.141. The van der Waals surface area contributed by atoms with Crippen molar-refractivity contribution in [3.8, 4) is 11.1 Å². The maximum absolute atomic E-state index is 13.1. The van der Waals surface area contributed by atoms with E-state index in [-0.39, 0.29) is 11.5 Å². The van der Waals surface area contributed by atoms with Crippen LogP contribution in [0, 0.1) is 5.82 Å². The summed E-state index contributed by atoms with van der Waals surface area (Å²) in [5, 5.41) is 3.29. The van der Waals surface area contributed by atoms with Crippen LogP contribution in [0.4, 0.5) is 23.2 Å². The molecule has 0 saturated carbocycles. The largest absolute Gasteiger partial charge is 0.433 e. The van der Waals surface area contributed by atoms with E-state index in [2.05, 4.69) is 15.3 Å². The number of pyridine rings is 2. The van der Waals surface area contributed by atoms with Crippen LogP contribution in [0.1, 0.15) is 16.1 Å². The van der Waals surface area contributed by atoms with Gasteiger partial charge in [0.05, 0.1) is 17.4 Å². The molecule has 8 heteroatoms. The number of halogens is 4. The van der Waals surface area contributed by atoms with Crippen LogP contribution >= 0.6 is 0 Å². The Kier molecular flexibility index (Phi) is 4.91. The molecule has 0 spiro atoms. The van der Waals surface area contributed by atoms with Crippen molar-refractivity contribution in [2.75, 3.05) is 5.32 Å². The van der Waals surface area contributed by atoms with Gasteiger partial charge in [0.1, 0.15) is 11.5 Å². The van der Waals surface area contributed by atoms with Crippen LogP contribution in [0.15, 0.2) is 73.1 Å². The van der Waals surface area contributed by atoms with E-state index < -0.39 is 17.8 Å². The Balaban J connectivity index is 1.55. The highest BCUT2D eigenvalue weighted by Crippen LogP contribution is 2.28. The summed E-state index contributed by atoms with van der Waals surface area (Å²) in [6.07, 6.45) is -1.97. The zero-order valence-corrected chi connectivity index (χ0v) is 15.2. The normalized spacial score (nSPS) is 11.5. The van der Waals surface area contributed by atoms with Crippen LogP contribution in [0.3, 0.4) is 0 Å². The lowest BCUT2D eigenvalue weighted by atomic mass is 10.0. The second-order valence-corrected chi connectivity index (χ2v) is 6.52. The fourth-order valence-electron chi connectivity index (χ4n) is 2.90. The minimum absolute atomic E-state index is 0.146. The summed E-state index contributed by atoms with van der Waals surface area (Å²) in [5.74, 6) is -0.825. The van der Waals surface area contributed by atoms with Crippen molar-refractivity contribution in [3.63, 3.8) is 0 Å². The third-order valence-corrected chi connectivity index (χ3v) is 4.44. The Morgan fingerprint density at radius 2 is 1.60 bits per heavy atom. The molecule has 4 rings (SSSR count). The predicted octanol–water partition coefficient (Wildman–Crippen LogP) is 5.71. The highest BCUT2D eigenvalue weighted by atomic mass is 19.4. The van der Waals surface area contributed by atoms with Gasteiger partial charge in [-0.3, -0.25) is 9.78 Å². The van der Waals surface area contributed by atoms with Crippen LogP contribution in [0.25, 0.3) is 22.0 Å². The van der Waals surface area contributed by atoms with Crippen LogP contribution < -0.4 is 5.32 Å². The number of benzene rings is 2. The molecule has 0 bridgehead atoms. The molecule has 0 unspecified atom stereocenters. The molecule has 4 nitrogen and oxygen atoms in total. The van der Waals surface area contributed by atoms with Crippen LogP contribution in [-0.2, 0) is 6.18 Å². The summed E-state index contributed by atoms with van der Waals surface area (Å²) in [6, 6.07) is 14.7. The van der Waals surface area contributed by atoms with E-state index in [1.165, 1.54) is 12.1 Å². The first kappa shape index (κ1) is 19.5. The summed E-state index contributed by atoms with van der Waals surface area (Å²) in [5.41, 5.74) is 1.58. The number of hydrogen-bond donors (Lipinski definition) is 1. The summed E-state index contributed by atoms with van der Waals surface area (Å²) >= 11 is 0. The SMILES string of the molecule is O=C(Nc1ccc(C(F)(F)F)nc1)c1ccc2cc(-c3ccc(F)cc3)cnc2c1. The third-order valence-electron chi connectivity index (χ3n) is 4.44. The molecule has 0 aliphatic heterocycles. The third kappa shape index (κ3) is 4.12. The Morgan fingerprint density at radius 3 is 2.27 bits per heavy atom. The van der Waals surface area contributed by atoms with Gasteiger partial charge in [-0.1, -0.05) is 18.2 Å². The topological polar surface area (TPSA) is 54.9 Å². The van der Waals surface area contributed by atoms with Crippen molar-refractivity contribution in [2.24, 2.45) is 0 Å². The van der Waals surface area contributed by atoms with E-state index in [4.69, 9.17) is 0 Å². The molecule has 0 aliphatic carbocycles. The maximum atomic E-state index is 13.1. The number of amides is 1. The Hall–Kier alpha value is -3.81. The lowest BCUT2D eigenvalue weighted by Gasteiger charge is -2.09. The van der Waals surface area contributed by atoms with Crippen molar-refractivity contribution >= 4 is 22.5 Å². The van der Waals surface area contributed by atoms with E-state index in [9.17, 15) is 22.4 Å². The molecule has 0 fully saturated rings. The molecule has 150 valence electrons. The Morgan fingerprint density at radius 1 is 0.833 bits per heavy atom. The fraction of sp³-hybridized carbons (Fsp3) is 0.0455. The van der Waals surface area contributed by atoms with Gasteiger partial charge in [-0.05, 0) is 48.0 Å². The molecule has 1 amide bonds. The summed E-state index contributed by atoms with van der Waals surface area (Å²) in [7, 11) is 0. The second kappa shape index (κ2) is 7.55. The predicted molar refractivity (Wildman–Crippen MR) is 104 cm³/mol. The number of hydrogen-bond acceptors (Lipinski definition) is 3. The molecule has 1 N–H and O–H groups in total. The first-order valence-electron chi connectivity index (χ1n) is 8.80. The number of anilines is 1. The Labute approximate surface area is 168 Å².